The summed E-state index contributed by atoms with van der Waals surface area (Å²) in [5, 5.41) is 3.69. The number of nitrogens with one attached hydrogen (secondary N) is 1. The van der Waals surface area contributed by atoms with Crippen molar-refractivity contribution in [3.05, 3.63) is 30.1 Å². The predicted molar refractivity (Wildman–Crippen MR) is 66.1 cm³/mol. The SMILES string of the molecule is C[C@@H](N[C@@H]1CCCSC1)c1ccncc1. The Kier molecular flexibility index (Phi) is 4.03. The molecule has 3 heteroatoms. The number of hydrogen-bond acceptors (Lipinski definition) is 3. The molecular weight excluding hydrogens is 204 g/mol. The van der Waals surface area contributed by atoms with Crippen LogP contribution in [0.4, 0.5) is 0 Å². The van der Waals surface area contributed by atoms with Crippen molar-refractivity contribution in [3.8, 4) is 0 Å². The summed E-state index contributed by atoms with van der Waals surface area (Å²) in [4.78, 5) is 4.04. The zero-order valence-corrected chi connectivity index (χ0v) is 9.96. The van der Waals surface area contributed by atoms with Crippen LogP contribution in [0.1, 0.15) is 31.4 Å². The lowest BCUT2D eigenvalue weighted by Crippen LogP contribution is -2.35. The van der Waals surface area contributed by atoms with E-state index < -0.39 is 0 Å². The smallest absolute Gasteiger partial charge is 0.0295 e. The third-order valence-corrected chi connectivity index (χ3v) is 4.07. The van der Waals surface area contributed by atoms with Crippen molar-refractivity contribution in [1.29, 1.82) is 0 Å². The van der Waals surface area contributed by atoms with Gasteiger partial charge in [-0.1, -0.05) is 0 Å². The highest BCUT2D eigenvalue weighted by Gasteiger charge is 2.16. The topological polar surface area (TPSA) is 24.9 Å². The first-order valence-corrected chi connectivity index (χ1v) is 6.75. The lowest BCUT2D eigenvalue weighted by molar-refractivity contribution is 0.452. The highest BCUT2D eigenvalue weighted by molar-refractivity contribution is 7.99. The first-order chi connectivity index (χ1) is 7.36. The van der Waals surface area contributed by atoms with Gasteiger partial charge in [0, 0.05) is 30.2 Å². The molecule has 0 unspecified atom stereocenters. The molecule has 0 aromatic carbocycles. The van der Waals surface area contributed by atoms with Gasteiger partial charge in [0.15, 0.2) is 0 Å². The van der Waals surface area contributed by atoms with E-state index in [-0.39, 0.29) is 0 Å². The van der Waals surface area contributed by atoms with Crippen molar-refractivity contribution in [3.63, 3.8) is 0 Å². The van der Waals surface area contributed by atoms with Crippen LogP contribution in [0.15, 0.2) is 24.5 Å². The standard InChI is InChI=1S/C12H18N2S/c1-10(11-4-6-13-7-5-11)14-12-3-2-8-15-9-12/h4-7,10,12,14H,2-3,8-9H2,1H3/t10-,12-/m1/s1. The van der Waals surface area contributed by atoms with Gasteiger partial charge in [0.25, 0.3) is 0 Å². The molecule has 0 aliphatic carbocycles. The van der Waals surface area contributed by atoms with Crippen molar-refractivity contribution in [2.75, 3.05) is 11.5 Å². The fourth-order valence-electron chi connectivity index (χ4n) is 1.97. The summed E-state index contributed by atoms with van der Waals surface area (Å²) in [7, 11) is 0. The number of hydrogen-bond donors (Lipinski definition) is 1. The van der Waals surface area contributed by atoms with Crippen molar-refractivity contribution >= 4 is 11.8 Å². The summed E-state index contributed by atoms with van der Waals surface area (Å²) in [6, 6.07) is 5.31. The molecule has 2 heterocycles. The van der Waals surface area contributed by atoms with Gasteiger partial charge in [-0.3, -0.25) is 4.98 Å². The molecule has 1 aromatic heterocycles. The molecule has 0 radical (unpaired) electrons. The zero-order chi connectivity index (χ0) is 10.5. The monoisotopic (exact) mass is 222 g/mol. The van der Waals surface area contributed by atoms with E-state index in [9.17, 15) is 0 Å². The molecule has 1 aliphatic heterocycles. The highest BCUT2D eigenvalue weighted by atomic mass is 32.2. The van der Waals surface area contributed by atoms with Crippen LogP contribution in [0.25, 0.3) is 0 Å². The first kappa shape index (κ1) is 11.0. The van der Waals surface area contributed by atoms with Crippen LogP contribution < -0.4 is 5.32 Å². The molecule has 1 fully saturated rings. The maximum absolute atomic E-state index is 4.04. The summed E-state index contributed by atoms with van der Waals surface area (Å²) >= 11 is 2.07. The summed E-state index contributed by atoms with van der Waals surface area (Å²) in [6.07, 6.45) is 6.40. The lowest BCUT2D eigenvalue weighted by Gasteiger charge is -2.26. The van der Waals surface area contributed by atoms with Gasteiger partial charge in [-0.15, -0.1) is 0 Å². The number of rotatable bonds is 3. The Bertz CT molecular complexity index is 283. The molecule has 0 amide bonds. The van der Waals surface area contributed by atoms with E-state index in [1.54, 1.807) is 0 Å². The molecular formula is C12H18N2S. The molecule has 0 bridgehead atoms. The second-order valence-corrected chi connectivity index (χ2v) is 5.23. The second-order valence-electron chi connectivity index (χ2n) is 4.08. The van der Waals surface area contributed by atoms with Crippen molar-refractivity contribution in [2.24, 2.45) is 0 Å². The molecule has 0 saturated carbocycles. The third-order valence-electron chi connectivity index (χ3n) is 2.85. The number of aromatic nitrogens is 1. The Hall–Kier alpha value is -0.540. The van der Waals surface area contributed by atoms with Crippen LogP contribution in [0.5, 0.6) is 0 Å². The van der Waals surface area contributed by atoms with Crippen LogP contribution in [0.2, 0.25) is 0 Å². The normalized spacial score (nSPS) is 23.7. The number of nitrogens with zero attached hydrogens (tertiary/aromatic N) is 1. The van der Waals surface area contributed by atoms with Crippen molar-refractivity contribution in [2.45, 2.75) is 31.8 Å². The minimum absolute atomic E-state index is 0.441. The van der Waals surface area contributed by atoms with E-state index in [4.69, 9.17) is 0 Å². The van der Waals surface area contributed by atoms with Gasteiger partial charge in [0.2, 0.25) is 0 Å². The Morgan fingerprint density at radius 3 is 2.93 bits per heavy atom. The molecule has 1 N–H and O–H groups in total. The van der Waals surface area contributed by atoms with Gasteiger partial charge < -0.3 is 5.32 Å². The average Bonchev–Trinajstić information content (AvgIpc) is 2.31. The van der Waals surface area contributed by atoms with E-state index in [0.29, 0.717) is 12.1 Å². The molecule has 2 nitrogen and oxygen atoms in total. The van der Waals surface area contributed by atoms with Crippen LogP contribution in [0, 0.1) is 0 Å². The van der Waals surface area contributed by atoms with E-state index >= 15 is 0 Å². The molecule has 0 spiro atoms. The lowest BCUT2D eigenvalue weighted by atomic mass is 10.1. The van der Waals surface area contributed by atoms with Gasteiger partial charge in [0.1, 0.15) is 0 Å². The molecule has 1 aromatic rings. The van der Waals surface area contributed by atoms with Gasteiger partial charge in [-0.05, 0) is 43.2 Å². The fraction of sp³-hybridized carbons (Fsp3) is 0.583. The Morgan fingerprint density at radius 1 is 1.47 bits per heavy atom. The third kappa shape index (κ3) is 3.21. The van der Waals surface area contributed by atoms with Gasteiger partial charge >= 0.3 is 0 Å². The highest BCUT2D eigenvalue weighted by Crippen LogP contribution is 2.20. The van der Waals surface area contributed by atoms with Crippen LogP contribution >= 0.6 is 11.8 Å². The van der Waals surface area contributed by atoms with E-state index in [1.807, 2.05) is 12.4 Å². The molecule has 1 aliphatic rings. The second kappa shape index (κ2) is 5.52. The fourth-order valence-corrected chi connectivity index (χ4v) is 3.06. The molecule has 15 heavy (non-hydrogen) atoms. The molecule has 1 saturated heterocycles. The van der Waals surface area contributed by atoms with Crippen molar-refractivity contribution < 1.29 is 0 Å². The Labute approximate surface area is 95.9 Å². The quantitative estimate of drug-likeness (QED) is 0.851. The summed E-state index contributed by atoms with van der Waals surface area (Å²) in [6.45, 7) is 2.23. The molecule has 2 rings (SSSR count). The maximum atomic E-state index is 4.04. The summed E-state index contributed by atoms with van der Waals surface area (Å²) in [5.74, 6) is 2.59. The molecule has 82 valence electrons. The van der Waals surface area contributed by atoms with Crippen LogP contribution in [-0.2, 0) is 0 Å². The van der Waals surface area contributed by atoms with Gasteiger partial charge in [-0.2, -0.15) is 11.8 Å². The van der Waals surface area contributed by atoms with E-state index in [2.05, 4.69) is 41.1 Å². The minimum atomic E-state index is 0.441. The van der Waals surface area contributed by atoms with Crippen LogP contribution in [0.3, 0.4) is 0 Å². The Balaban J connectivity index is 1.88. The summed E-state index contributed by atoms with van der Waals surface area (Å²) in [5.41, 5.74) is 1.33. The largest absolute Gasteiger partial charge is 0.307 e. The first-order valence-electron chi connectivity index (χ1n) is 5.60. The Morgan fingerprint density at radius 2 is 2.27 bits per heavy atom. The van der Waals surface area contributed by atoms with Crippen LogP contribution in [-0.4, -0.2) is 22.5 Å². The summed E-state index contributed by atoms with van der Waals surface area (Å²) < 4.78 is 0. The number of thioether (sulfide) groups is 1. The van der Waals surface area contributed by atoms with Crippen molar-refractivity contribution in [1.82, 2.24) is 10.3 Å². The average molecular weight is 222 g/mol. The predicted octanol–water partition coefficient (Wildman–Crippen LogP) is 2.63. The zero-order valence-electron chi connectivity index (χ0n) is 9.15. The minimum Gasteiger partial charge on any atom is -0.307 e. The van der Waals surface area contributed by atoms with E-state index in [0.717, 1.165) is 0 Å². The molecule has 2 atom stereocenters. The van der Waals surface area contributed by atoms with Gasteiger partial charge in [-0.25, -0.2) is 0 Å². The maximum Gasteiger partial charge on any atom is 0.0295 e. The number of pyridine rings is 1. The van der Waals surface area contributed by atoms with E-state index in [1.165, 1.54) is 29.9 Å². The van der Waals surface area contributed by atoms with Gasteiger partial charge in [0.05, 0.1) is 0 Å².